The molecule has 3 aromatic rings. The predicted molar refractivity (Wildman–Crippen MR) is 99.6 cm³/mol. The largest absolute Gasteiger partial charge is 0.349 e. The maximum absolute atomic E-state index is 12.6. The van der Waals surface area contributed by atoms with Crippen molar-refractivity contribution in [3.63, 3.8) is 0 Å². The maximum atomic E-state index is 12.6. The number of H-pyrrole nitrogens is 1. The fraction of sp³-hybridized carbons (Fsp3) is 0.235. The maximum Gasteiger partial charge on any atom is 0.277 e. The molecule has 0 saturated carbocycles. The van der Waals surface area contributed by atoms with Crippen LogP contribution in [0.5, 0.6) is 0 Å². The lowest BCUT2D eigenvalue weighted by Crippen LogP contribution is -2.27. The Morgan fingerprint density at radius 1 is 1.32 bits per heavy atom. The molecule has 6 nitrogen and oxygen atoms in total. The molecule has 0 saturated heterocycles. The molecule has 1 amide bonds. The Balaban J connectivity index is 1.94. The minimum atomic E-state index is -0.246. The number of carbonyl (C=O) groups is 1. The van der Waals surface area contributed by atoms with Gasteiger partial charge in [0.25, 0.3) is 5.56 Å². The first kappa shape index (κ1) is 17.4. The van der Waals surface area contributed by atoms with Crippen molar-refractivity contribution in [2.45, 2.75) is 13.3 Å². The zero-order chi connectivity index (χ0) is 18.1. The fourth-order valence-corrected chi connectivity index (χ4v) is 3.27. The number of thiazole rings is 1. The number of carbonyl (C=O) groups excluding carboxylic acids is 1. The molecule has 2 aromatic heterocycles. The van der Waals surface area contributed by atoms with Gasteiger partial charge in [-0.3, -0.25) is 14.7 Å². The second-order valence-corrected chi connectivity index (χ2v) is 7.12. The minimum Gasteiger partial charge on any atom is -0.349 e. The van der Waals surface area contributed by atoms with Gasteiger partial charge in [-0.05, 0) is 19.1 Å². The van der Waals surface area contributed by atoms with E-state index in [1.165, 1.54) is 20.9 Å². The summed E-state index contributed by atoms with van der Waals surface area (Å²) in [6, 6.07) is 7.35. The van der Waals surface area contributed by atoms with Crippen LogP contribution in [-0.2, 0) is 11.2 Å². The van der Waals surface area contributed by atoms with Gasteiger partial charge in [-0.15, -0.1) is 11.3 Å². The van der Waals surface area contributed by atoms with Crippen molar-refractivity contribution < 1.29 is 4.79 Å². The number of nitrogens with zero attached hydrogens (tertiary/aromatic N) is 3. The number of likely N-dealkylation sites (N-methyl/N-ethyl adjacent to an activating group) is 1. The smallest absolute Gasteiger partial charge is 0.277 e. The summed E-state index contributed by atoms with van der Waals surface area (Å²) in [6.07, 6.45) is 0.0661. The third-order valence-electron chi connectivity index (χ3n) is 3.84. The van der Waals surface area contributed by atoms with Crippen molar-refractivity contribution in [3.8, 4) is 16.4 Å². The number of aromatic amines is 1. The Morgan fingerprint density at radius 3 is 2.64 bits per heavy atom. The van der Waals surface area contributed by atoms with Crippen molar-refractivity contribution in [1.82, 2.24) is 19.7 Å². The summed E-state index contributed by atoms with van der Waals surface area (Å²) < 4.78 is 1.39. The molecular formula is C17H17ClN4O2S. The van der Waals surface area contributed by atoms with Crippen LogP contribution in [0, 0.1) is 6.92 Å². The van der Waals surface area contributed by atoms with Crippen LogP contribution >= 0.6 is 22.9 Å². The number of aryl methyl sites for hydroxylation is 1. The number of hydrogen-bond acceptors (Lipinski definition) is 4. The minimum absolute atomic E-state index is 0.0661. The topological polar surface area (TPSA) is 71.0 Å². The van der Waals surface area contributed by atoms with Gasteiger partial charge in [-0.2, -0.15) is 4.68 Å². The molecule has 0 radical (unpaired) electrons. The number of nitrogens with one attached hydrogen (secondary N) is 1. The zero-order valence-electron chi connectivity index (χ0n) is 14.0. The lowest BCUT2D eigenvalue weighted by atomic mass is 10.2. The SMILES string of the molecule is Cc1[nH]n(-c2nc(-c3ccc(Cl)cc3)cs2)c(=O)c1CC(=O)N(C)C. The summed E-state index contributed by atoms with van der Waals surface area (Å²) in [5, 5.41) is 6.08. The van der Waals surface area contributed by atoms with Gasteiger partial charge >= 0.3 is 0 Å². The molecule has 2 heterocycles. The van der Waals surface area contributed by atoms with Crippen LogP contribution < -0.4 is 5.56 Å². The number of halogens is 1. The average Bonchev–Trinajstić information content (AvgIpc) is 3.15. The number of rotatable bonds is 4. The van der Waals surface area contributed by atoms with Crippen LogP contribution in [0.15, 0.2) is 34.4 Å². The summed E-state index contributed by atoms with van der Waals surface area (Å²) in [5.74, 6) is -0.118. The van der Waals surface area contributed by atoms with E-state index in [1.807, 2.05) is 17.5 Å². The first-order chi connectivity index (χ1) is 11.9. The third-order valence-corrected chi connectivity index (χ3v) is 4.92. The van der Waals surface area contributed by atoms with Crippen molar-refractivity contribution in [3.05, 3.63) is 56.3 Å². The first-order valence-electron chi connectivity index (χ1n) is 7.59. The normalized spacial score (nSPS) is 10.9. The van der Waals surface area contributed by atoms with E-state index >= 15 is 0 Å². The number of aromatic nitrogens is 3. The van der Waals surface area contributed by atoms with E-state index in [0.717, 1.165) is 11.3 Å². The molecule has 0 spiro atoms. The molecule has 0 fully saturated rings. The second kappa shape index (κ2) is 6.85. The molecule has 1 aromatic carbocycles. The fourth-order valence-electron chi connectivity index (χ4n) is 2.35. The highest BCUT2D eigenvalue weighted by Gasteiger charge is 2.18. The molecule has 3 rings (SSSR count). The van der Waals surface area contributed by atoms with Crippen molar-refractivity contribution >= 4 is 28.8 Å². The highest BCUT2D eigenvalue weighted by atomic mass is 35.5. The molecule has 0 aliphatic carbocycles. The van der Waals surface area contributed by atoms with Gasteiger partial charge in [0, 0.05) is 41.3 Å². The van der Waals surface area contributed by atoms with Crippen LogP contribution in [0.25, 0.3) is 16.4 Å². The van der Waals surface area contributed by atoms with Gasteiger partial charge in [0.05, 0.1) is 12.1 Å². The number of hydrogen-bond donors (Lipinski definition) is 1. The standard InChI is InChI=1S/C17H17ClN4O2S/c1-10-13(8-15(23)21(2)3)16(24)22(20-10)17-19-14(9-25-17)11-4-6-12(18)7-5-11/h4-7,9,20H,8H2,1-3H3. The summed E-state index contributed by atoms with van der Waals surface area (Å²) in [6.45, 7) is 1.78. The van der Waals surface area contributed by atoms with E-state index in [1.54, 1.807) is 33.2 Å². The monoisotopic (exact) mass is 376 g/mol. The van der Waals surface area contributed by atoms with Crippen molar-refractivity contribution in [2.75, 3.05) is 14.1 Å². The average molecular weight is 377 g/mol. The van der Waals surface area contributed by atoms with Gasteiger partial charge in [0.2, 0.25) is 11.0 Å². The highest BCUT2D eigenvalue weighted by molar-refractivity contribution is 7.12. The summed E-state index contributed by atoms with van der Waals surface area (Å²) in [4.78, 5) is 30.6. The molecular weight excluding hydrogens is 360 g/mol. The van der Waals surface area contributed by atoms with Crippen molar-refractivity contribution in [2.24, 2.45) is 0 Å². The lowest BCUT2D eigenvalue weighted by molar-refractivity contribution is -0.127. The van der Waals surface area contributed by atoms with Crippen LogP contribution in [0.2, 0.25) is 5.02 Å². The van der Waals surface area contributed by atoms with Gasteiger partial charge in [-0.25, -0.2) is 4.98 Å². The molecule has 130 valence electrons. The summed E-state index contributed by atoms with van der Waals surface area (Å²) in [7, 11) is 3.34. The lowest BCUT2D eigenvalue weighted by Gasteiger charge is -2.08. The van der Waals surface area contributed by atoms with Crippen molar-refractivity contribution in [1.29, 1.82) is 0 Å². The first-order valence-corrected chi connectivity index (χ1v) is 8.85. The molecule has 0 atom stereocenters. The third kappa shape index (κ3) is 3.52. The Labute approximate surface area is 153 Å². The molecule has 0 aliphatic heterocycles. The highest BCUT2D eigenvalue weighted by Crippen LogP contribution is 2.24. The van der Waals surface area contributed by atoms with E-state index < -0.39 is 0 Å². The van der Waals surface area contributed by atoms with E-state index in [9.17, 15) is 9.59 Å². The molecule has 0 bridgehead atoms. The molecule has 0 aliphatic rings. The molecule has 0 unspecified atom stereocenters. The molecule has 1 N–H and O–H groups in total. The van der Waals surface area contributed by atoms with Crippen LogP contribution in [0.3, 0.4) is 0 Å². The van der Waals surface area contributed by atoms with Crippen LogP contribution in [0.4, 0.5) is 0 Å². The number of benzene rings is 1. The van der Waals surface area contributed by atoms with Gasteiger partial charge in [0.15, 0.2) is 0 Å². The number of amides is 1. The van der Waals surface area contributed by atoms with Crippen LogP contribution in [0.1, 0.15) is 11.3 Å². The van der Waals surface area contributed by atoms with E-state index in [4.69, 9.17) is 11.6 Å². The Bertz CT molecular complexity index is 969. The van der Waals surface area contributed by atoms with E-state index in [0.29, 0.717) is 21.4 Å². The van der Waals surface area contributed by atoms with Gasteiger partial charge in [-0.1, -0.05) is 23.7 Å². The van der Waals surface area contributed by atoms with E-state index in [-0.39, 0.29) is 17.9 Å². The predicted octanol–water partition coefficient (Wildman–Crippen LogP) is 2.88. The van der Waals surface area contributed by atoms with Gasteiger partial charge < -0.3 is 4.90 Å². The quantitative estimate of drug-likeness (QED) is 0.761. The molecule has 8 heteroatoms. The van der Waals surface area contributed by atoms with E-state index in [2.05, 4.69) is 10.1 Å². The zero-order valence-corrected chi connectivity index (χ0v) is 15.6. The van der Waals surface area contributed by atoms with Gasteiger partial charge in [0.1, 0.15) is 0 Å². The Morgan fingerprint density at radius 2 is 2.00 bits per heavy atom. The Hall–Kier alpha value is -2.38. The summed E-state index contributed by atoms with van der Waals surface area (Å²) in [5.41, 5.74) is 2.57. The molecule has 25 heavy (non-hydrogen) atoms. The Kier molecular flexibility index (Phi) is 4.78. The van der Waals surface area contributed by atoms with Crippen LogP contribution in [-0.4, -0.2) is 39.7 Å². The summed E-state index contributed by atoms with van der Waals surface area (Å²) >= 11 is 7.26. The second-order valence-electron chi connectivity index (χ2n) is 5.84.